The summed E-state index contributed by atoms with van der Waals surface area (Å²) in [5.74, 6) is -0.291. The summed E-state index contributed by atoms with van der Waals surface area (Å²) in [7, 11) is 1.59. The van der Waals surface area contributed by atoms with E-state index < -0.39 is 13.0 Å². The molecule has 0 aliphatic rings. The molecule has 0 fully saturated rings. The molecule has 0 atom stereocenters. The quantitative estimate of drug-likeness (QED) is 0.811. The molecule has 19 heavy (non-hydrogen) atoms. The van der Waals surface area contributed by atoms with E-state index in [1.165, 1.54) is 9.80 Å². The second-order valence-electron chi connectivity index (χ2n) is 4.14. The molecule has 1 rings (SSSR count). The molecule has 1 amide bonds. The first kappa shape index (κ1) is 15.5. The minimum Gasteiger partial charge on any atom is -0.395 e. The summed E-state index contributed by atoms with van der Waals surface area (Å²) in [5, 5.41) is 8.81. The highest BCUT2D eigenvalue weighted by Gasteiger charge is 2.18. The molecule has 106 valence electrons. The first-order valence-corrected chi connectivity index (χ1v) is 5.97. The minimum atomic E-state index is -2.53. The van der Waals surface area contributed by atoms with Crippen molar-refractivity contribution in [3.05, 3.63) is 30.3 Å². The number of hydrogen-bond donors (Lipinski definition) is 1. The number of alkyl halides is 2. The van der Waals surface area contributed by atoms with Gasteiger partial charge in [0.25, 0.3) is 6.43 Å². The van der Waals surface area contributed by atoms with E-state index in [1.807, 2.05) is 6.07 Å². The minimum absolute atomic E-state index is 0.0543. The fourth-order valence-corrected chi connectivity index (χ4v) is 1.66. The summed E-state index contributed by atoms with van der Waals surface area (Å²) in [6, 6.07) is 8.95. The maximum absolute atomic E-state index is 12.3. The zero-order valence-corrected chi connectivity index (χ0v) is 10.8. The normalized spacial score (nSPS) is 11.1. The van der Waals surface area contributed by atoms with E-state index in [2.05, 4.69) is 0 Å². The molecule has 0 aromatic heterocycles. The van der Waals surface area contributed by atoms with E-state index >= 15 is 0 Å². The molecule has 0 bridgehead atoms. The Hall–Kier alpha value is -1.53. The molecule has 0 saturated carbocycles. The molecule has 0 heterocycles. The average molecular weight is 272 g/mol. The zero-order valence-electron chi connectivity index (χ0n) is 10.8. The Morgan fingerprint density at radius 1 is 1.32 bits per heavy atom. The highest BCUT2D eigenvalue weighted by molar-refractivity contribution is 5.94. The van der Waals surface area contributed by atoms with Crippen LogP contribution in [0.25, 0.3) is 0 Å². The number of hydrogen-bond acceptors (Lipinski definition) is 3. The van der Waals surface area contributed by atoms with Crippen LogP contribution in [0.1, 0.15) is 0 Å². The van der Waals surface area contributed by atoms with Gasteiger partial charge >= 0.3 is 0 Å². The van der Waals surface area contributed by atoms with Gasteiger partial charge in [0.15, 0.2) is 0 Å². The van der Waals surface area contributed by atoms with Crippen LogP contribution in [0.3, 0.4) is 0 Å². The summed E-state index contributed by atoms with van der Waals surface area (Å²) < 4.78 is 24.7. The largest absolute Gasteiger partial charge is 0.395 e. The zero-order chi connectivity index (χ0) is 14.3. The number of likely N-dealkylation sites (N-methyl/N-ethyl adjacent to an activating group) is 1. The first-order chi connectivity index (χ1) is 9.04. The Morgan fingerprint density at radius 2 is 1.95 bits per heavy atom. The second-order valence-corrected chi connectivity index (χ2v) is 4.14. The highest BCUT2D eigenvalue weighted by atomic mass is 19.3. The molecule has 0 aliphatic carbocycles. The Morgan fingerprint density at radius 3 is 2.47 bits per heavy atom. The summed E-state index contributed by atoms with van der Waals surface area (Å²) in [5.41, 5.74) is 0.702. The van der Waals surface area contributed by atoms with Crippen LogP contribution in [-0.4, -0.2) is 55.6 Å². The van der Waals surface area contributed by atoms with Crippen LogP contribution in [0.15, 0.2) is 30.3 Å². The molecule has 0 aliphatic heterocycles. The lowest BCUT2D eigenvalue weighted by molar-refractivity contribution is -0.119. The van der Waals surface area contributed by atoms with Crippen LogP contribution in [0.5, 0.6) is 0 Å². The number of benzene rings is 1. The van der Waals surface area contributed by atoms with Gasteiger partial charge in [-0.1, -0.05) is 18.2 Å². The van der Waals surface area contributed by atoms with Crippen molar-refractivity contribution in [3.63, 3.8) is 0 Å². The van der Waals surface area contributed by atoms with Gasteiger partial charge in [-0.25, -0.2) is 8.78 Å². The van der Waals surface area contributed by atoms with Crippen molar-refractivity contribution in [1.82, 2.24) is 4.90 Å². The lowest BCUT2D eigenvalue weighted by Crippen LogP contribution is -2.41. The van der Waals surface area contributed by atoms with E-state index in [-0.39, 0.29) is 25.6 Å². The monoisotopic (exact) mass is 272 g/mol. The Balaban J connectivity index is 2.61. The standard InChI is InChI=1S/C13H18F2N2O2/c1-16(11-5-3-2-4-6-11)13(19)10-17(7-8-18)9-12(14)15/h2-6,12,18H,7-10H2,1H3. The number of halogens is 2. The van der Waals surface area contributed by atoms with Crippen molar-refractivity contribution in [2.45, 2.75) is 6.43 Å². The maximum Gasteiger partial charge on any atom is 0.251 e. The van der Waals surface area contributed by atoms with Gasteiger partial charge in [0.2, 0.25) is 5.91 Å². The van der Waals surface area contributed by atoms with E-state index in [0.717, 1.165) is 0 Å². The number of rotatable bonds is 7. The van der Waals surface area contributed by atoms with Gasteiger partial charge in [-0.3, -0.25) is 9.69 Å². The average Bonchev–Trinajstić information content (AvgIpc) is 2.38. The number of para-hydroxylation sites is 1. The van der Waals surface area contributed by atoms with E-state index in [9.17, 15) is 13.6 Å². The first-order valence-electron chi connectivity index (χ1n) is 5.97. The van der Waals surface area contributed by atoms with Crippen LogP contribution in [0, 0.1) is 0 Å². The number of aliphatic hydroxyl groups is 1. The maximum atomic E-state index is 12.3. The van der Waals surface area contributed by atoms with Crippen LogP contribution in [0.4, 0.5) is 14.5 Å². The van der Waals surface area contributed by atoms with E-state index in [0.29, 0.717) is 5.69 Å². The lowest BCUT2D eigenvalue weighted by Gasteiger charge is -2.24. The highest BCUT2D eigenvalue weighted by Crippen LogP contribution is 2.11. The third-order valence-electron chi connectivity index (χ3n) is 2.69. The fourth-order valence-electron chi connectivity index (χ4n) is 1.66. The summed E-state index contributed by atoms with van der Waals surface area (Å²) in [6.45, 7) is -0.862. The van der Waals surface area contributed by atoms with Crippen LogP contribution in [-0.2, 0) is 4.79 Å². The molecule has 0 unspecified atom stereocenters. The third kappa shape index (κ3) is 5.32. The number of amides is 1. The van der Waals surface area contributed by atoms with Gasteiger partial charge in [-0.05, 0) is 12.1 Å². The molecule has 0 saturated heterocycles. The molecular weight excluding hydrogens is 254 g/mol. The Kier molecular flexibility index (Phi) is 6.38. The van der Waals surface area contributed by atoms with Gasteiger partial charge in [0.05, 0.1) is 19.7 Å². The topological polar surface area (TPSA) is 43.8 Å². The molecule has 0 spiro atoms. The predicted molar refractivity (Wildman–Crippen MR) is 69.4 cm³/mol. The Bertz CT molecular complexity index is 387. The van der Waals surface area contributed by atoms with Gasteiger partial charge < -0.3 is 10.0 Å². The molecule has 0 radical (unpaired) electrons. The fraction of sp³-hybridized carbons (Fsp3) is 0.462. The van der Waals surface area contributed by atoms with Crippen molar-refractivity contribution in [2.75, 3.05) is 38.2 Å². The molecule has 4 nitrogen and oxygen atoms in total. The molecule has 1 N–H and O–H groups in total. The van der Waals surface area contributed by atoms with Crippen molar-refractivity contribution in [2.24, 2.45) is 0 Å². The Labute approximate surface area is 111 Å². The number of nitrogens with zero attached hydrogens (tertiary/aromatic N) is 2. The van der Waals surface area contributed by atoms with Crippen molar-refractivity contribution >= 4 is 11.6 Å². The van der Waals surface area contributed by atoms with Gasteiger partial charge in [-0.15, -0.1) is 0 Å². The third-order valence-corrected chi connectivity index (χ3v) is 2.69. The van der Waals surface area contributed by atoms with Gasteiger partial charge in [-0.2, -0.15) is 0 Å². The van der Waals surface area contributed by atoms with Crippen LogP contribution < -0.4 is 4.90 Å². The summed E-state index contributed by atoms with van der Waals surface area (Å²) in [6.07, 6.45) is -2.53. The number of carbonyl (C=O) groups excluding carboxylic acids is 1. The smallest absolute Gasteiger partial charge is 0.251 e. The van der Waals surface area contributed by atoms with Crippen molar-refractivity contribution in [1.29, 1.82) is 0 Å². The summed E-state index contributed by atoms with van der Waals surface area (Å²) in [4.78, 5) is 14.6. The van der Waals surface area contributed by atoms with Gasteiger partial charge in [0.1, 0.15) is 0 Å². The van der Waals surface area contributed by atoms with Crippen LogP contribution >= 0.6 is 0 Å². The SMILES string of the molecule is CN(C(=O)CN(CCO)CC(F)F)c1ccccc1. The number of carbonyl (C=O) groups is 1. The molecule has 1 aromatic carbocycles. The number of anilines is 1. The van der Waals surface area contributed by atoms with Crippen molar-refractivity contribution < 1.29 is 18.7 Å². The lowest BCUT2D eigenvalue weighted by atomic mass is 10.3. The second kappa shape index (κ2) is 7.81. The van der Waals surface area contributed by atoms with E-state index in [4.69, 9.17) is 5.11 Å². The molecule has 6 heteroatoms. The van der Waals surface area contributed by atoms with Gasteiger partial charge in [0, 0.05) is 19.3 Å². The molecular formula is C13H18F2N2O2. The van der Waals surface area contributed by atoms with E-state index in [1.54, 1.807) is 31.3 Å². The summed E-state index contributed by atoms with van der Waals surface area (Å²) >= 11 is 0. The van der Waals surface area contributed by atoms with Crippen LogP contribution in [0.2, 0.25) is 0 Å². The predicted octanol–water partition coefficient (Wildman–Crippen LogP) is 1.21. The molecule has 1 aromatic rings. The number of aliphatic hydroxyl groups excluding tert-OH is 1. The van der Waals surface area contributed by atoms with Crippen molar-refractivity contribution in [3.8, 4) is 0 Å².